The second-order valence-electron chi connectivity index (χ2n) is 6.29. The van der Waals surface area contributed by atoms with Crippen LogP contribution in [0.5, 0.6) is 0 Å². The van der Waals surface area contributed by atoms with Crippen LogP contribution in [-0.2, 0) is 9.47 Å². The van der Waals surface area contributed by atoms with Crippen LogP contribution in [-0.4, -0.2) is 83.0 Å². The predicted molar refractivity (Wildman–Crippen MR) is 73.5 cm³/mol. The molecule has 2 fully saturated rings. The van der Waals surface area contributed by atoms with E-state index in [0.717, 1.165) is 4.90 Å². The maximum Gasteiger partial charge on any atom is 0.425 e. The Kier molecular flexibility index (Phi) is 4.76. The highest BCUT2D eigenvalue weighted by molar-refractivity contribution is 5.70. The number of ether oxygens (including phenoxy) is 2. The number of aliphatic hydroxyl groups excluding tert-OH is 1. The van der Waals surface area contributed by atoms with Gasteiger partial charge in [-0.1, -0.05) is 0 Å². The lowest BCUT2D eigenvalue weighted by molar-refractivity contribution is -0.0799. The quantitative estimate of drug-likeness (QED) is 0.749. The molecule has 8 nitrogen and oxygen atoms in total. The maximum atomic E-state index is 14.2. The third-order valence-electron chi connectivity index (χ3n) is 3.33. The average molecular weight is 319 g/mol. The van der Waals surface area contributed by atoms with E-state index >= 15 is 0 Å². The van der Waals surface area contributed by atoms with E-state index in [2.05, 4.69) is 0 Å². The zero-order chi connectivity index (χ0) is 16.5. The molecule has 0 saturated carbocycles. The molecule has 2 aliphatic rings. The molecule has 2 heterocycles. The van der Waals surface area contributed by atoms with Crippen molar-refractivity contribution in [3.05, 3.63) is 0 Å². The summed E-state index contributed by atoms with van der Waals surface area (Å²) in [6.07, 6.45) is -3.51. The molecule has 2 saturated heterocycles. The fourth-order valence-electron chi connectivity index (χ4n) is 2.31. The minimum Gasteiger partial charge on any atom is -0.444 e. The van der Waals surface area contributed by atoms with Crippen LogP contribution in [0.2, 0.25) is 0 Å². The first-order chi connectivity index (χ1) is 10.2. The van der Waals surface area contributed by atoms with Gasteiger partial charge in [-0.25, -0.2) is 24.0 Å². The smallest absolute Gasteiger partial charge is 0.425 e. The van der Waals surface area contributed by atoms with Crippen molar-refractivity contribution in [3.63, 3.8) is 0 Å². The van der Waals surface area contributed by atoms with Crippen LogP contribution in [0.4, 0.5) is 14.0 Å². The van der Waals surface area contributed by atoms with Crippen LogP contribution in [0.1, 0.15) is 20.8 Å². The molecule has 0 radical (unpaired) electrons. The molecule has 2 rings (SSSR count). The van der Waals surface area contributed by atoms with Gasteiger partial charge in [0.15, 0.2) is 6.30 Å². The molecule has 126 valence electrons. The van der Waals surface area contributed by atoms with E-state index < -0.39 is 30.2 Å². The molecule has 2 aliphatic heterocycles. The second kappa shape index (κ2) is 6.25. The number of carbonyl (C=O) groups excluding carboxylic acids is 2. The van der Waals surface area contributed by atoms with Gasteiger partial charge in [0.05, 0.1) is 19.7 Å². The lowest BCUT2D eigenvalue weighted by Crippen LogP contribution is -2.59. The molecule has 0 aromatic rings. The van der Waals surface area contributed by atoms with Gasteiger partial charge in [0, 0.05) is 13.1 Å². The van der Waals surface area contributed by atoms with Crippen molar-refractivity contribution in [1.82, 2.24) is 14.9 Å². The highest BCUT2D eigenvalue weighted by Crippen LogP contribution is 2.20. The van der Waals surface area contributed by atoms with Crippen molar-refractivity contribution in [1.29, 1.82) is 0 Å². The van der Waals surface area contributed by atoms with Gasteiger partial charge in [-0.2, -0.15) is 0 Å². The minimum atomic E-state index is -1.58. The van der Waals surface area contributed by atoms with E-state index in [4.69, 9.17) is 14.6 Å². The van der Waals surface area contributed by atoms with Gasteiger partial charge in [-0.15, -0.1) is 0 Å². The summed E-state index contributed by atoms with van der Waals surface area (Å²) < 4.78 is 24.3. The SMILES string of the molecule is CC(C)(C)OC(=O)N1CCN(N2CC(CO)OC2=O)CC1F. The number of cyclic esters (lactones) is 1. The Balaban J connectivity index is 1.93. The van der Waals surface area contributed by atoms with E-state index in [1.165, 1.54) is 10.0 Å². The van der Waals surface area contributed by atoms with Gasteiger partial charge in [0.2, 0.25) is 0 Å². The minimum absolute atomic E-state index is 0.101. The summed E-state index contributed by atoms with van der Waals surface area (Å²) in [5, 5.41) is 11.8. The van der Waals surface area contributed by atoms with Crippen molar-refractivity contribution in [2.45, 2.75) is 38.8 Å². The number of hydrazine groups is 1. The van der Waals surface area contributed by atoms with Gasteiger partial charge in [0.25, 0.3) is 0 Å². The van der Waals surface area contributed by atoms with Gasteiger partial charge in [-0.05, 0) is 20.8 Å². The van der Waals surface area contributed by atoms with Gasteiger partial charge >= 0.3 is 12.2 Å². The first kappa shape index (κ1) is 16.8. The summed E-state index contributed by atoms with van der Waals surface area (Å²) >= 11 is 0. The monoisotopic (exact) mass is 319 g/mol. The number of hydrogen-bond acceptors (Lipinski definition) is 6. The lowest BCUT2D eigenvalue weighted by atomic mass is 10.2. The molecular formula is C13H22FN3O5. The number of hydrogen-bond donors (Lipinski definition) is 1. The molecule has 2 amide bonds. The lowest BCUT2D eigenvalue weighted by Gasteiger charge is -2.40. The van der Waals surface area contributed by atoms with Gasteiger partial charge in [-0.3, -0.25) is 4.90 Å². The van der Waals surface area contributed by atoms with Gasteiger partial charge < -0.3 is 14.6 Å². The van der Waals surface area contributed by atoms with Crippen LogP contribution < -0.4 is 0 Å². The van der Waals surface area contributed by atoms with Crippen LogP contribution in [0, 0.1) is 0 Å². The van der Waals surface area contributed by atoms with Crippen LogP contribution >= 0.6 is 0 Å². The molecule has 22 heavy (non-hydrogen) atoms. The van der Waals surface area contributed by atoms with Crippen molar-refractivity contribution >= 4 is 12.2 Å². The highest BCUT2D eigenvalue weighted by Gasteiger charge is 2.40. The molecule has 2 unspecified atom stereocenters. The summed E-state index contributed by atoms with van der Waals surface area (Å²) in [6.45, 7) is 5.27. The molecule has 0 aliphatic carbocycles. The predicted octanol–water partition coefficient (Wildman–Crippen LogP) is 0.563. The summed E-state index contributed by atoms with van der Waals surface area (Å²) in [5.74, 6) is 0. The van der Waals surface area contributed by atoms with E-state index in [9.17, 15) is 14.0 Å². The third kappa shape index (κ3) is 3.77. The average Bonchev–Trinajstić information content (AvgIpc) is 2.77. The van der Waals surface area contributed by atoms with E-state index in [1.807, 2.05) is 0 Å². The number of halogens is 1. The van der Waals surface area contributed by atoms with E-state index in [-0.39, 0.29) is 32.8 Å². The Morgan fingerprint density at radius 1 is 1.41 bits per heavy atom. The summed E-state index contributed by atoms with van der Waals surface area (Å²) in [5.41, 5.74) is -0.693. The summed E-state index contributed by atoms with van der Waals surface area (Å²) in [6, 6.07) is 0. The largest absolute Gasteiger partial charge is 0.444 e. The second-order valence-corrected chi connectivity index (χ2v) is 6.29. The highest BCUT2D eigenvalue weighted by atomic mass is 19.1. The van der Waals surface area contributed by atoms with Crippen molar-refractivity contribution in [3.8, 4) is 0 Å². The topological polar surface area (TPSA) is 82.6 Å². The third-order valence-corrected chi connectivity index (χ3v) is 3.33. The Morgan fingerprint density at radius 2 is 2.09 bits per heavy atom. The molecular weight excluding hydrogens is 297 g/mol. The number of nitrogens with zero attached hydrogens (tertiary/aromatic N) is 3. The summed E-state index contributed by atoms with van der Waals surface area (Å²) in [7, 11) is 0. The number of aliphatic hydroxyl groups is 1. The molecule has 0 aromatic carbocycles. The number of piperazine rings is 1. The zero-order valence-electron chi connectivity index (χ0n) is 13.0. The van der Waals surface area contributed by atoms with Gasteiger partial charge in [0.1, 0.15) is 11.7 Å². The van der Waals surface area contributed by atoms with Crippen LogP contribution in [0.25, 0.3) is 0 Å². The Labute approximate surface area is 128 Å². The normalized spacial score (nSPS) is 27.0. The first-order valence-corrected chi connectivity index (χ1v) is 7.19. The number of rotatable bonds is 2. The molecule has 1 N–H and O–H groups in total. The molecule has 0 spiro atoms. The molecule has 2 atom stereocenters. The summed E-state index contributed by atoms with van der Waals surface area (Å²) in [4.78, 5) is 24.6. The molecule has 0 bridgehead atoms. The standard InChI is InChI=1S/C13H22FN3O5/c1-13(2,3)22-11(19)16-5-4-15(7-10(16)14)17-6-9(8-18)21-12(17)20/h9-10,18H,4-8H2,1-3H3. The number of amides is 2. The van der Waals surface area contributed by atoms with Crippen LogP contribution in [0.3, 0.4) is 0 Å². The number of carbonyl (C=O) groups is 2. The molecule has 0 aromatic heterocycles. The maximum absolute atomic E-state index is 14.2. The van der Waals surface area contributed by atoms with Crippen molar-refractivity contribution in [2.24, 2.45) is 0 Å². The van der Waals surface area contributed by atoms with E-state index in [1.54, 1.807) is 20.8 Å². The van der Waals surface area contributed by atoms with E-state index in [0.29, 0.717) is 0 Å². The Bertz CT molecular complexity index is 442. The number of alkyl halides is 1. The fourth-order valence-corrected chi connectivity index (χ4v) is 2.31. The Morgan fingerprint density at radius 3 is 2.59 bits per heavy atom. The fraction of sp³-hybridized carbons (Fsp3) is 0.846. The molecule has 9 heteroatoms. The van der Waals surface area contributed by atoms with Crippen LogP contribution in [0.15, 0.2) is 0 Å². The van der Waals surface area contributed by atoms with Crippen molar-refractivity contribution < 1.29 is 28.6 Å². The zero-order valence-corrected chi connectivity index (χ0v) is 13.0. The first-order valence-electron chi connectivity index (χ1n) is 7.19. The van der Waals surface area contributed by atoms with Crippen molar-refractivity contribution in [2.75, 3.05) is 32.8 Å². The Hall–Kier alpha value is -1.61.